The molecule has 1 unspecified atom stereocenters. The van der Waals surface area contributed by atoms with Crippen LogP contribution in [0.4, 0.5) is 8.78 Å². The van der Waals surface area contributed by atoms with Crippen molar-refractivity contribution in [2.24, 2.45) is 5.73 Å². The number of ether oxygens (including phenoxy) is 1. The molecule has 0 aromatic heterocycles. The summed E-state index contributed by atoms with van der Waals surface area (Å²) in [6.45, 7) is 5.50. The maximum absolute atomic E-state index is 13.6. The summed E-state index contributed by atoms with van der Waals surface area (Å²) in [6.07, 6.45) is 1.30. The van der Waals surface area contributed by atoms with E-state index in [1.165, 1.54) is 6.07 Å². The Morgan fingerprint density at radius 2 is 1.89 bits per heavy atom. The quantitative estimate of drug-likeness (QED) is 0.876. The molecule has 0 spiro atoms. The van der Waals surface area contributed by atoms with Crippen LogP contribution >= 0.6 is 0 Å². The van der Waals surface area contributed by atoms with Crippen molar-refractivity contribution in [1.29, 1.82) is 0 Å². The molecule has 0 aliphatic heterocycles. The molecule has 0 aliphatic carbocycles. The number of benzene rings is 1. The molecule has 0 saturated carbocycles. The Bertz CT molecular complexity index is 419. The highest BCUT2D eigenvalue weighted by molar-refractivity contribution is 5.28. The lowest BCUT2D eigenvalue weighted by Gasteiger charge is -2.25. The second kappa shape index (κ2) is 5.76. The van der Waals surface area contributed by atoms with Gasteiger partial charge in [0.05, 0.1) is 5.60 Å². The van der Waals surface area contributed by atoms with Crippen molar-refractivity contribution in [2.75, 3.05) is 7.11 Å². The van der Waals surface area contributed by atoms with Crippen molar-refractivity contribution in [3.05, 3.63) is 34.9 Å². The first-order chi connectivity index (χ1) is 8.26. The van der Waals surface area contributed by atoms with E-state index in [2.05, 4.69) is 0 Å². The van der Waals surface area contributed by atoms with E-state index in [1.807, 2.05) is 13.8 Å². The fourth-order valence-electron chi connectivity index (χ4n) is 1.72. The molecule has 2 N–H and O–H groups in total. The van der Waals surface area contributed by atoms with Crippen LogP contribution in [-0.4, -0.2) is 12.7 Å². The minimum atomic E-state index is -0.583. The molecule has 0 amide bonds. The molecule has 102 valence electrons. The maximum Gasteiger partial charge on any atom is 0.130 e. The molecule has 0 saturated heterocycles. The molecule has 1 rings (SSSR count). The molecule has 4 heteroatoms. The van der Waals surface area contributed by atoms with Gasteiger partial charge in [-0.1, -0.05) is 0 Å². The van der Waals surface area contributed by atoms with Gasteiger partial charge in [0, 0.05) is 24.8 Å². The number of methoxy groups -OCH3 is 1. The van der Waals surface area contributed by atoms with E-state index in [9.17, 15) is 8.78 Å². The summed E-state index contributed by atoms with van der Waals surface area (Å²) in [5.74, 6) is -1.12. The van der Waals surface area contributed by atoms with Gasteiger partial charge in [-0.15, -0.1) is 0 Å². The van der Waals surface area contributed by atoms with Crippen LogP contribution in [0.25, 0.3) is 0 Å². The first kappa shape index (κ1) is 15.1. The molecule has 1 aromatic carbocycles. The smallest absolute Gasteiger partial charge is 0.130 e. The SMILES string of the molecule is COC(C)(C)CCC(N)c1cc(C)c(F)cc1F. The zero-order valence-corrected chi connectivity index (χ0v) is 11.4. The van der Waals surface area contributed by atoms with Crippen LogP contribution in [0.15, 0.2) is 12.1 Å². The van der Waals surface area contributed by atoms with Gasteiger partial charge in [0.15, 0.2) is 0 Å². The summed E-state index contributed by atoms with van der Waals surface area (Å²) in [7, 11) is 1.63. The van der Waals surface area contributed by atoms with Crippen molar-refractivity contribution in [3.8, 4) is 0 Å². The van der Waals surface area contributed by atoms with Gasteiger partial charge in [0.2, 0.25) is 0 Å². The van der Waals surface area contributed by atoms with Crippen molar-refractivity contribution in [3.63, 3.8) is 0 Å². The summed E-state index contributed by atoms with van der Waals surface area (Å²) in [6, 6.07) is 1.93. The molecule has 0 fully saturated rings. The third kappa shape index (κ3) is 3.75. The molecular formula is C14H21F2NO. The van der Waals surface area contributed by atoms with Crippen LogP contribution in [0.1, 0.15) is 43.9 Å². The lowest BCUT2D eigenvalue weighted by molar-refractivity contribution is 0.0124. The van der Waals surface area contributed by atoms with Crippen LogP contribution in [0.5, 0.6) is 0 Å². The Morgan fingerprint density at radius 1 is 1.28 bits per heavy atom. The van der Waals surface area contributed by atoms with E-state index in [0.717, 1.165) is 6.07 Å². The second-order valence-corrected chi connectivity index (χ2v) is 5.23. The molecule has 1 aromatic rings. The lowest BCUT2D eigenvalue weighted by atomic mass is 9.94. The van der Waals surface area contributed by atoms with Gasteiger partial charge in [0.25, 0.3) is 0 Å². The van der Waals surface area contributed by atoms with E-state index >= 15 is 0 Å². The maximum atomic E-state index is 13.6. The second-order valence-electron chi connectivity index (χ2n) is 5.23. The van der Waals surface area contributed by atoms with Gasteiger partial charge in [-0.2, -0.15) is 0 Å². The molecule has 1 atom stereocenters. The zero-order valence-electron chi connectivity index (χ0n) is 11.4. The van der Waals surface area contributed by atoms with Crippen LogP contribution in [-0.2, 0) is 4.74 Å². The number of hydrogen-bond acceptors (Lipinski definition) is 2. The van der Waals surface area contributed by atoms with Crippen LogP contribution < -0.4 is 5.73 Å². The van der Waals surface area contributed by atoms with Gasteiger partial charge in [-0.05, 0) is 45.2 Å². The predicted molar refractivity (Wildman–Crippen MR) is 68.3 cm³/mol. The van der Waals surface area contributed by atoms with E-state index in [-0.39, 0.29) is 5.60 Å². The van der Waals surface area contributed by atoms with Gasteiger partial charge >= 0.3 is 0 Å². The average Bonchev–Trinajstić information content (AvgIpc) is 2.31. The average molecular weight is 257 g/mol. The van der Waals surface area contributed by atoms with Crippen molar-refractivity contribution >= 4 is 0 Å². The van der Waals surface area contributed by atoms with E-state index in [0.29, 0.717) is 24.0 Å². The number of nitrogens with two attached hydrogens (primary N) is 1. The molecule has 2 nitrogen and oxygen atoms in total. The van der Waals surface area contributed by atoms with Gasteiger partial charge in [0.1, 0.15) is 11.6 Å². The molecule has 0 bridgehead atoms. The normalized spacial score (nSPS) is 13.7. The lowest BCUT2D eigenvalue weighted by Crippen LogP contribution is -2.25. The number of rotatable bonds is 5. The monoisotopic (exact) mass is 257 g/mol. The van der Waals surface area contributed by atoms with Crippen LogP contribution in [0.2, 0.25) is 0 Å². The fraction of sp³-hybridized carbons (Fsp3) is 0.571. The Hall–Kier alpha value is -1.00. The summed E-state index contributed by atoms with van der Waals surface area (Å²) in [4.78, 5) is 0. The summed E-state index contributed by atoms with van der Waals surface area (Å²) in [5.41, 5.74) is 6.44. The zero-order chi connectivity index (χ0) is 13.9. The Morgan fingerprint density at radius 3 is 2.44 bits per heavy atom. The van der Waals surface area contributed by atoms with Crippen molar-refractivity contribution < 1.29 is 13.5 Å². The fourth-order valence-corrected chi connectivity index (χ4v) is 1.72. The molecule has 0 heterocycles. The first-order valence-corrected chi connectivity index (χ1v) is 6.03. The summed E-state index contributed by atoms with van der Waals surface area (Å²) < 4.78 is 32.1. The van der Waals surface area contributed by atoms with Crippen molar-refractivity contribution in [1.82, 2.24) is 0 Å². The van der Waals surface area contributed by atoms with Crippen molar-refractivity contribution in [2.45, 2.75) is 45.3 Å². The van der Waals surface area contributed by atoms with E-state index < -0.39 is 17.7 Å². The van der Waals surface area contributed by atoms with E-state index in [1.54, 1.807) is 14.0 Å². The standard InChI is InChI=1S/C14H21F2NO/c1-9-7-10(12(16)8-11(9)15)13(17)5-6-14(2,3)18-4/h7-8,13H,5-6,17H2,1-4H3. The highest BCUT2D eigenvalue weighted by atomic mass is 19.1. The van der Waals surface area contributed by atoms with E-state index in [4.69, 9.17) is 10.5 Å². The summed E-state index contributed by atoms with van der Waals surface area (Å²) >= 11 is 0. The van der Waals surface area contributed by atoms with Crippen LogP contribution in [0.3, 0.4) is 0 Å². The van der Waals surface area contributed by atoms with Crippen LogP contribution in [0, 0.1) is 18.6 Å². The minimum Gasteiger partial charge on any atom is -0.379 e. The topological polar surface area (TPSA) is 35.2 Å². The number of hydrogen-bond donors (Lipinski definition) is 1. The largest absolute Gasteiger partial charge is 0.379 e. The first-order valence-electron chi connectivity index (χ1n) is 6.03. The highest BCUT2D eigenvalue weighted by Crippen LogP contribution is 2.26. The Balaban J connectivity index is 2.79. The van der Waals surface area contributed by atoms with Gasteiger partial charge in [-0.3, -0.25) is 0 Å². The Kier molecular flexibility index (Phi) is 4.82. The molecule has 0 aliphatic rings. The number of aryl methyl sites for hydroxylation is 1. The third-order valence-corrected chi connectivity index (χ3v) is 3.29. The number of halogens is 2. The Labute approximate surface area is 107 Å². The van der Waals surface area contributed by atoms with Gasteiger partial charge in [-0.25, -0.2) is 8.78 Å². The molecule has 0 radical (unpaired) electrons. The molecular weight excluding hydrogens is 236 g/mol. The minimum absolute atomic E-state index is 0.289. The predicted octanol–water partition coefficient (Wildman–Crippen LogP) is 3.48. The highest BCUT2D eigenvalue weighted by Gasteiger charge is 2.20. The van der Waals surface area contributed by atoms with Gasteiger partial charge < -0.3 is 10.5 Å². The molecule has 18 heavy (non-hydrogen) atoms. The summed E-state index contributed by atoms with van der Waals surface area (Å²) in [5, 5.41) is 0. The third-order valence-electron chi connectivity index (χ3n) is 3.29.